The van der Waals surface area contributed by atoms with Gasteiger partial charge in [-0.3, -0.25) is 0 Å². The SMILES string of the molecule is CCCCCSOP(=O)(O)OSCCCCC. The van der Waals surface area contributed by atoms with Gasteiger partial charge in [0, 0.05) is 35.6 Å². The van der Waals surface area contributed by atoms with Crippen LogP contribution < -0.4 is 0 Å². The van der Waals surface area contributed by atoms with E-state index in [1.165, 1.54) is 0 Å². The predicted molar refractivity (Wildman–Crippen MR) is 76.0 cm³/mol. The van der Waals surface area contributed by atoms with Crippen LogP contribution in [-0.4, -0.2) is 16.4 Å². The average molecular weight is 302 g/mol. The van der Waals surface area contributed by atoms with Gasteiger partial charge in [-0.2, -0.15) is 0 Å². The number of hydrogen-bond acceptors (Lipinski definition) is 5. The van der Waals surface area contributed by atoms with Crippen molar-refractivity contribution in [1.29, 1.82) is 0 Å². The highest BCUT2D eigenvalue weighted by Gasteiger charge is 2.22. The minimum atomic E-state index is -3.86. The van der Waals surface area contributed by atoms with Crippen molar-refractivity contribution in [1.82, 2.24) is 0 Å². The van der Waals surface area contributed by atoms with Crippen molar-refractivity contribution in [2.45, 2.75) is 52.4 Å². The Morgan fingerprint density at radius 1 is 0.941 bits per heavy atom. The first-order valence-electron chi connectivity index (χ1n) is 6.07. The summed E-state index contributed by atoms with van der Waals surface area (Å²) in [6, 6.07) is 0. The van der Waals surface area contributed by atoms with Crippen LogP contribution in [0.2, 0.25) is 0 Å². The fraction of sp³-hybridized carbons (Fsp3) is 1.00. The van der Waals surface area contributed by atoms with Crippen molar-refractivity contribution < 1.29 is 17.4 Å². The Morgan fingerprint density at radius 3 is 1.71 bits per heavy atom. The molecule has 0 spiro atoms. The molecule has 0 aromatic rings. The molecule has 0 unspecified atom stereocenters. The molecule has 0 saturated carbocycles. The zero-order valence-corrected chi connectivity index (χ0v) is 13.1. The van der Waals surface area contributed by atoms with E-state index in [-0.39, 0.29) is 0 Å². The van der Waals surface area contributed by atoms with Crippen molar-refractivity contribution in [3.05, 3.63) is 0 Å². The molecular weight excluding hydrogens is 279 g/mol. The molecule has 0 radical (unpaired) electrons. The molecule has 0 aliphatic rings. The second kappa shape index (κ2) is 11.9. The summed E-state index contributed by atoms with van der Waals surface area (Å²) in [5, 5.41) is 0. The van der Waals surface area contributed by atoms with E-state index in [2.05, 4.69) is 13.8 Å². The first-order chi connectivity index (χ1) is 8.12. The highest BCUT2D eigenvalue weighted by atomic mass is 32.2. The van der Waals surface area contributed by atoms with Crippen LogP contribution in [-0.2, 0) is 12.5 Å². The molecule has 0 fully saturated rings. The Hall–Kier alpha value is 0.810. The molecule has 17 heavy (non-hydrogen) atoms. The molecule has 0 heterocycles. The molecular formula is C10H23O4PS2. The minimum Gasteiger partial charge on any atom is -0.301 e. The molecule has 0 aliphatic carbocycles. The summed E-state index contributed by atoms with van der Waals surface area (Å²) in [4.78, 5) is 9.30. The first kappa shape index (κ1) is 17.8. The Labute approximate surface area is 113 Å². The lowest BCUT2D eigenvalue weighted by atomic mass is 10.3. The van der Waals surface area contributed by atoms with Gasteiger partial charge >= 0.3 is 7.82 Å². The fourth-order valence-corrected chi connectivity index (χ4v) is 3.67. The van der Waals surface area contributed by atoms with Crippen LogP contribution in [0.4, 0.5) is 0 Å². The molecule has 104 valence electrons. The smallest absolute Gasteiger partial charge is 0.301 e. The summed E-state index contributed by atoms with van der Waals surface area (Å²) in [7, 11) is -3.86. The van der Waals surface area contributed by atoms with Crippen LogP contribution in [0.3, 0.4) is 0 Å². The Bertz CT molecular complexity index is 198. The normalized spacial score (nSPS) is 11.9. The maximum absolute atomic E-state index is 11.3. The third-order valence-corrected chi connectivity index (χ3v) is 5.22. The summed E-state index contributed by atoms with van der Waals surface area (Å²) in [6.07, 6.45) is 6.45. The van der Waals surface area contributed by atoms with Crippen LogP contribution in [0.5, 0.6) is 0 Å². The molecule has 1 N–H and O–H groups in total. The van der Waals surface area contributed by atoms with Crippen molar-refractivity contribution >= 4 is 31.9 Å². The molecule has 0 bridgehead atoms. The molecule has 4 nitrogen and oxygen atoms in total. The second-order valence-corrected chi connectivity index (χ2v) is 7.09. The van der Waals surface area contributed by atoms with Gasteiger partial charge in [0.05, 0.1) is 0 Å². The van der Waals surface area contributed by atoms with Gasteiger partial charge in [-0.25, -0.2) is 12.5 Å². The van der Waals surface area contributed by atoms with Gasteiger partial charge < -0.3 is 4.89 Å². The molecule has 0 aromatic heterocycles. The van der Waals surface area contributed by atoms with Crippen LogP contribution in [0, 0.1) is 0 Å². The lowest BCUT2D eigenvalue weighted by Crippen LogP contribution is -1.87. The molecule has 0 aliphatic heterocycles. The molecule has 0 atom stereocenters. The van der Waals surface area contributed by atoms with E-state index in [1.807, 2.05) is 0 Å². The third kappa shape index (κ3) is 13.0. The van der Waals surface area contributed by atoms with E-state index in [9.17, 15) is 9.46 Å². The fourth-order valence-electron chi connectivity index (χ4n) is 1.04. The quantitative estimate of drug-likeness (QED) is 0.317. The largest absolute Gasteiger partial charge is 0.494 e. The molecule has 0 aromatic carbocycles. The summed E-state index contributed by atoms with van der Waals surface area (Å²) in [5.74, 6) is 1.45. The molecule has 7 heteroatoms. The van der Waals surface area contributed by atoms with E-state index in [4.69, 9.17) is 7.94 Å². The third-order valence-electron chi connectivity index (χ3n) is 1.96. The van der Waals surface area contributed by atoms with Gasteiger partial charge in [0.1, 0.15) is 0 Å². The minimum absolute atomic E-state index is 0.724. The van der Waals surface area contributed by atoms with Crippen molar-refractivity contribution in [3.63, 3.8) is 0 Å². The van der Waals surface area contributed by atoms with Gasteiger partial charge in [-0.1, -0.05) is 39.5 Å². The predicted octanol–water partition coefficient (Wildman–Crippen LogP) is 4.80. The Kier molecular flexibility index (Phi) is 12.4. The van der Waals surface area contributed by atoms with Crippen molar-refractivity contribution in [2.24, 2.45) is 0 Å². The van der Waals surface area contributed by atoms with Gasteiger partial charge in [-0.05, 0) is 12.8 Å². The summed E-state index contributed by atoms with van der Waals surface area (Å²) in [5.41, 5.74) is 0. The number of unbranched alkanes of at least 4 members (excludes halogenated alkanes) is 4. The highest BCUT2D eigenvalue weighted by Crippen LogP contribution is 2.50. The van der Waals surface area contributed by atoms with Gasteiger partial charge in [0.2, 0.25) is 0 Å². The van der Waals surface area contributed by atoms with E-state index in [0.717, 1.165) is 74.1 Å². The number of hydrogen-bond donors (Lipinski definition) is 1. The summed E-state index contributed by atoms with van der Waals surface area (Å²) >= 11 is 2.03. The van der Waals surface area contributed by atoms with Crippen LogP contribution in [0.1, 0.15) is 52.4 Å². The monoisotopic (exact) mass is 302 g/mol. The van der Waals surface area contributed by atoms with Gasteiger partial charge in [0.25, 0.3) is 0 Å². The van der Waals surface area contributed by atoms with E-state index >= 15 is 0 Å². The zero-order chi connectivity index (χ0) is 13.0. The van der Waals surface area contributed by atoms with Crippen LogP contribution in [0.25, 0.3) is 0 Å². The van der Waals surface area contributed by atoms with Crippen LogP contribution >= 0.6 is 31.9 Å². The lowest BCUT2D eigenvalue weighted by molar-refractivity contribution is 0.323. The first-order valence-corrected chi connectivity index (χ1v) is 9.39. The highest BCUT2D eigenvalue weighted by molar-refractivity contribution is 8.01. The van der Waals surface area contributed by atoms with Crippen LogP contribution in [0.15, 0.2) is 0 Å². The lowest BCUT2D eigenvalue weighted by Gasteiger charge is -2.09. The molecule has 0 amide bonds. The number of rotatable bonds is 12. The van der Waals surface area contributed by atoms with Crippen molar-refractivity contribution in [2.75, 3.05) is 11.5 Å². The van der Waals surface area contributed by atoms with E-state index in [0.29, 0.717) is 0 Å². The maximum Gasteiger partial charge on any atom is 0.494 e. The molecule has 0 saturated heterocycles. The maximum atomic E-state index is 11.3. The Balaban J connectivity index is 3.42. The number of phosphoric acid groups is 1. The van der Waals surface area contributed by atoms with E-state index in [1.54, 1.807) is 0 Å². The van der Waals surface area contributed by atoms with Gasteiger partial charge in [-0.15, -0.1) is 0 Å². The van der Waals surface area contributed by atoms with Gasteiger partial charge in [0.15, 0.2) is 0 Å². The summed E-state index contributed by atoms with van der Waals surface area (Å²) < 4.78 is 20.9. The standard InChI is InChI=1S/C10H23O4PS2/c1-3-5-7-9-16-13-15(11,12)14-17-10-8-6-4-2/h3-10H2,1-2H3,(H,11,12). The zero-order valence-electron chi connectivity index (χ0n) is 10.6. The van der Waals surface area contributed by atoms with Crippen molar-refractivity contribution in [3.8, 4) is 0 Å². The second-order valence-electron chi connectivity index (χ2n) is 3.68. The average Bonchev–Trinajstić information content (AvgIpc) is 2.28. The van der Waals surface area contributed by atoms with E-state index < -0.39 is 7.82 Å². The molecule has 0 rings (SSSR count). The summed E-state index contributed by atoms with van der Waals surface area (Å²) in [6.45, 7) is 4.22. The topological polar surface area (TPSA) is 55.8 Å². The Morgan fingerprint density at radius 2 is 1.35 bits per heavy atom.